The summed E-state index contributed by atoms with van der Waals surface area (Å²) in [5.74, 6) is 0. The molecule has 0 aromatic heterocycles. The SMILES string of the molecule is Cc1ccc(S(=O)(=O)NCCCCN)c(C)c1. The van der Waals surface area contributed by atoms with Crippen molar-refractivity contribution in [3.63, 3.8) is 0 Å². The van der Waals surface area contributed by atoms with E-state index >= 15 is 0 Å². The lowest BCUT2D eigenvalue weighted by atomic mass is 10.2. The lowest BCUT2D eigenvalue weighted by molar-refractivity contribution is 0.576. The Labute approximate surface area is 103 Å². The Morgan fingerprint density at radius 3 is 2.53 bits per heavy atom. The van der Waals surface area contributed by atoms with Crippen LogP contribution in [0.1, 0.15) is 24.0 Å². The Morgan fingerprint density at radius 1 is 1.24 bits per heavy atom. The summed E-state index contributed by atoms with van der Waals surface area (Å²) in [7, 11) is -3.38. The van der Waals surface area contributed by atoms with Crippen molar-refractivity contribution in [2.24, 2.45) is 5.73 Å². The van der Waals surface area contributed by atoms with Crippen molar-refractivity contribution in [1.29, 1.82) is 0 Å². The van der Waals surface area contributed by atoms with E-state index in [0.717, 1.165) is 24.0 Å². The molecule has 0 aliphatic carbocycles. The van der Waals surface area contributed by atoms with E-state index in [4.69, 9.17) is 5.73 Å². The van der Waals surface area contributed by atoms with E-state index in [2.05, 4.69) is 4.72 Å². The molecular weight excluding hydrogens is 236 g/mol. The minimum atomic E-state index is -3.38. The van der Waals surface area contributed by atoms with E-state index in [0.29, 0.717) is 18.0 Å². The first-order chi connectivity index (χ1) is 7.97. The first kappa shape index (κ1) is 14.2. The molecule has 0 unspecified atom stereocenters. The number of nitrogens with one attached hydrogen (secondary N) is 1. The molecule has 5 heteroatoms. The molecule has 0 aliphatic heterocycles. The molecule has 0 atom stereocenters. The second-order valence-electron chi connectivity index (χ2n) is 4.16. The van der Waals surface area contributed by atoms with E-state index in [1.165, 1.54) is 0 Å². The highest BCUT2D eigenvalue weighted by molar-refractivity contribution is 7.89. The number of rotatable bonds is 6. The van der Waals surface area contributed by atoms with E-state index in [-0.39, 0.29) is 0 Å². The maximum absolute atomic E-state index is 12.0. The summed E-state index contributed by atoms with van der Waals surface area (Å²) < 4.78 is 26.6. The fourth-order valence-corrected chi connectivity index (χ4v) is 2.95. The van der Waals surface area contributed by atoms with Crippen LogP contribution in [-0.4, -0.2) is 21.5 Å². The Hall–Kier alpha value is -0.910. The van der Waals surface area contributed by atoms with Crippen LogP contribution in [0.4, 0.5) is 0 Å². The van der Waals surface area contributed by atoms with Gasteiger partial charge in [0, 0.05) is 6.54 Å². The molecule has 4 nitrogen and oxygen atoms in total. The van der Waals surface area contributed by atoms with E-state index in [1.54, 1.807) is 19.1 Å². The van der Waals surface area contributed by atoms with Crippen LogP contribution in [0.15, 0.2) is 23.1 Å². The summed E-state index contributed by atoms with van der Waals surface area (Å²) in [5, 5.41) is 0. The fourth-order valence-electron chi connectivity index (χ4n) is 1.65. The number of sulfonamides is 1. The van der Waals surface area contributed by atoms with Crippen LogP contribution >= 0.6 is 0 Å². The average Bonchev–Trinajstić information content (AvgIpc) is 2.24. The monoisotopic (exact) mass is 256 g/mol. The van der Waals surface area contributed by atoms with Crippen molar-refractivity contribution in [1.82, 2.24) is 4.72 Å². The lowest BCUT2D eigenvalue weighted by Crippen LogP contribution is -2.25. The second kappa shape index (κ2) is 6.14. The third-order valence-corrected chi connectivity index (χ3v) is 4.16. The van der Waals surface area contributed by atoms with Crippen LogP contribution in [0.2, 0.25) is 0 Å². The van der Waals surface area contributed by atoms with Gasteiger partial charge in [0.05, 0.1) is 4.90 Å². The lowest BCUT2D eigenvalue weighted by Gasteiger charge is -2.09. The zero-order chi connectivity index (χ0) is 12.9. The van der Waals surface area contributed by atoms with Crippen LogP contribution in [0, 0.1) is 13.8 Å². The summed E-state index contributed by atoms with van der Waals surface area (Å²) in [6.45, 7) is 4.78. The number of hydrogen-bond donors (Lipinski definition) is 2. The Morgan fingerprint density at radius 2 is 1.94 bits per heavy atom. The molecule has 0 fully saturated rings. The van der Waals surface area contributed by atoms with Gasteiger partial charge in [0.1, 0.15) is 0 Å². The van der Waals surface area contributed by atoms with Gasteiger partial charge in [0.25, 0.3) is 0 Å². The molecule has 17 heavy (non-hydrogen) atoms. The van der Waals surface area contributed by atoms with Crippen molar-refractivity contribution in [2.75, 3.05) is 13.1 Å². The van der Waals surface area contributed by atoms with Crippen LogP contribution < -0.4 is 10.5 Å². The molecule has 0 saturated carbocycles. The summed E-state index contributed by atoms with van der Waals surface area (Å²) >= 11 is 0. The molecule has 0 amide bonds. The topological polar surface area (TPSA) is 72.2 Å². The molecule has 96 valence electrons. The summed E-state index contributed by atoms with van der Waals surface area (Å²) in [4.78, 5) is 0.357. The molecule has 1 aromatic carbocycles. The zero-order valence-electron chi connectivity index (χ0n) is 10.4. The molecule has 0 spiro atoms. The normalized spacial score (nSPS) is 11.7. The largest absolute Gasteiger partial charge is 0.330 e. The average molecular weight is 256 g/mol. The van der Waals surface area contributed by atoms with Crippen molar-refractivity contribution in [3.05, 3.63) is 29.3 Å². The molecule has 0 aliphatic rings. The van der Waals surface area contributed by atoms with Gasteiger partial charge in [0.2, 0.25) is 10.0 Å². The van der Waals surface area contributed by atoms with Crippen LogP contribution in [0.25, 0.3) is 0 Å². The quantitative estimate of drug-likeness (QED) is 0.754. The zero-order valence-corrected chi connectivity index (χ0v) is 11.2. The van der Waals surface area contributed by atoms with Crippen molar-refractivity contribution in [2.45, 2.75) is 31.6 Å². The van der Waals surface area contributed by atoms with Gasteiger partial charge in [-0.2, -0.15) is 0 Å². The molecule has 1 rings (SSSR count). The molecule has 0 bridgehead atoms. The van der Waals surface area contributed by atoms with Crippen molar-refractivity contribution >= 4 is 10.0 Å². The molecular formula is C12H20N2O2S. The summed E-state index contributed by atoms with van der Waals surface area (Å²) in [5.41, 5.74) is 7.19. The first-order valence-electron chi connectivity index (χ1n) is 5.74. The van der Waals surface area contributed by atoms with E-state index in [1.807, 2.05) is 13.0 Å². The van der Waals surface area contributed by atoms with E-state index in [9.17, 15) is 8.42 Å². The predicted molar refractivity (Wildman–Crippen MR) is 69.4 cm³/mol. The van der Waals surface area contributed by atoms with Gasteiger partial charge in [-0.1, -0.05) is 17.7 Å². The number of benzene rings is 1. The number of hydrogen-bond acceptors (Lipinski definition) is 3. The van der Waals surface area contributed by atoms with Gasteiger partial charge in [-0.3, -0.25) is 0 Å². The van der Waals surface area contributed by atoms with Crippen molar-refractivity contribution < 1.29 is 8.42 Å². The Kier molecular flexibility index (Phi) is 5.11. The first-order valence-corrected chi connectivity index (χ1v) is 7.22. The minimum absolute atomic E-state index is 0.357. The smallest absolute Gasteiger partial charge is 0.240 e. The van der Waals surface area contributed by atoms with Gasteiger partial charge in [0.15, 0.2) is 0 Å². The van der Waals surface area contributed by atoms with Crippen LogP contribution in [0.3, 0.4) is 0 Å². The van der Waals surface area contributed by atoms with Gasteiger partial charge < -0.3 is 5.73 Å². The fraction of sp³-hybridized carbons (Fsp3) is 0.500. The molecule has 0 radical (unpaired) electrons. The Balaban J connectivity index is 2.76. The highest BCUT2D eigenvalue weighted by Crippen LogP contribution is 2.16. The molecule has 3 N–H and O–H groups in total. The Bertz CT molecular complexity index is 469. The molecule has 0 saturated heterocycles. The third kappa shape index (κ3) is 4.11. The van der Waals surface area contributed by atoms with Gasteiger partial charge in [-0.05, 0) is 44.9 Å². The van der Waals surface area contributed by atoms with E-state index < -0.39 is 10.0 Å². The predicted octanol–water partition coefficient (Wildman–Crippen LogP) is 1.32. The second-order valence-corrected chi connectivity index (χ2v) is 5.90. The summed E-state index contributed by atoms with van der Waals surface area (Å²) in [6.07, 6.45) is 1.59. The highest BCUT2D eigenvalue weighted by atomic mass is 32.2. The molecule has 1 aromatic rings. The third-order valence-electron chi connectivity index (χ3n) is 2.54. The van der Waals surface area contributed by atoms with Crippen LogP contribution in [-0.2, 0) is 10.0 Å². The molecule has 0 heterocycles. The van der Waals surface area contributed by atoms with Gasteiger partial charge >= 0.3 is 0 Å². The number of unbranched alkanes of at least 4 members (excludes halogenated alkanes) is 1. The van der Waals surface area contributed by atoms with Crippen molar-refractivity contribution in [3.8, 4) is 0 Å². The maximum atomic E-state index is 12.0. The highest BCUT2D eigenvalue weighted by Gasteiger charge is 2.15. The maximum Gasteiger partial charge on any atom is 0.240 e. The van der Waals surface area contributed by atoms with Crippen LogP contribution in [0.5, 0.6) is 0 Å². The number of aryl methyl sites for hydroxylation is 2. The van der Waals surface area contributed by atoms with Gasteiger partial charge in [-0.25, -0.2) is 13.1 Å². The van der Waals surface area contributed by atoms with Gasteiger partial charge in [-0.15, -0.1) is 0 Å². The summed E-state index contributed by atoms with van der Waals surface area (Å²) in [6, 6.07) is 5.33. The number of nitrogens with two attached hydrogens (primary N) is 1. The minimum Gasteiger partial charge on any atom is -0.330 e. The standard InChI is InChI=1S/C12H20N2O2S/c1-10-5-6-12(11(2)9-10)17(15,16)14-8-4-3-7-13/h5-6,9,14H,3-4,7-8,13H2,1-2H3.